The van der Waals surface area contributed by atoms with Crippen LogP contribution in [0.3, 0.4) is 0 Å². The highest BCUT2D eigenvalue weighted by Crippen LogP contribution is 2.42. The van der Waals surface area contributed by atoms with Gasteiger partial charge >= 0.3 is 5.97 Å². The van der Waals surface area contributed by atoms with Crippen LogP contribution in [0.25, 0.3) is 0 Å². The van der Waals surface area contributed by atoms with Crippen LogP contribution < -0.4 is 0 Å². The van der Waals surface area contributed by atoms with Crippen LogP contribution in [-0.4, -0.2) is 28.4 Å². The largest absolute Gasteiger partial charge is 0.507 e. The second-order valence-corrected chi connectivity index (χ2v) is 7.05. The standard InChI is InChI=1S/C19H18BrNO3/c20-15-7-6-13(17(22)10-15)12-21-16-8-9-19(11-16,18(23)24)14-4-2-1-3-5-14/h1-7,10,12,16,22H,8-9,11H2,(H,23,24)/t16-,19-/m0/s1. The van der Waals surface area contributed by atoms with Crippen LogP contribution >= 0.6 is 15.9 Å². The van der Waals surface area contributed by atoms with Gasteiger partial charge < -0.3 is 10.2 Å². The topological polar surface area (TPSA) is 69.9 Å². The highest BCUT2D eigenvalue weighted by molar-refractivity contribution is 9.10. The molecule has 0 amide bonds. The maximum absolute atomic E-state index is 11.9. The maximum Gasteiger partial charge on any atom is 0.314 e. The molecule has 2 aromatic carbocycles. The fourth-order valence-corrected chi connectivity index (χ4v) is 3.64. The minimum atomic E-state index is -0.870. The Bertz CT molecular complexity index is 775. The van der Waals surface area contributed by atoms with Crippen LogP contribution in [0, 0.1) is 0 Å². The van der Waals surface area contributed by atoms with Crippen LogP contribution in [0.2, 0.25) is 0 Å². The van der Waals surface area contributed by atoms with Crippen molar-refractivity contribution in [3.05, 3.63) is 64.1 Å². The number of benzene rings is 2. The molecule has 124 valence electrons. The number of hydrogen-bond acceptors (Lipinski definition) is 3. The van der Waals surface area contributed by atoms with Gasteiger partial charge in [0.05, 0.1) is 11.5 Å². The van der Waals surface area contributed by atoms with E-state index in [0.717, 1.165) is 16.5 Å². The number of aliphatic imine (C=N–C) groups is 1. The molecule has 0 bridgehead atoms. The van der Waals surface area contributed by atoms with Gasteiger partial charge in [0.15, 0.2) is 0 Å². The number of carbonyl (C=O) groups is 1. The summed E-state index contributed by atoms with van der Waals surface area (Å²) < 4.78 is 0.798. The first-order valence-corrected chi connectivity index (χ1v) is 8.61. The molecule has 0 aliphatic heterocycles. The van der Waals surface area contributed by atoms with Crippen molar-refractivity contribution in [1.29, 1.82) is 0 Å². The summed E-state index contributed by atoms with van der Waals surface area (Å²) in [6.07, 6.45) is 3.39. The Labute approximate surface area is 149 Å². The number of phenolic OH excluding ortho intramolecular Hbond substituents is 1. The van der Waals surface area contributed by atoms with Crippen molar-refractivity contribution in [3.8, 4) is 5.75 Å². The van der Waals surface area contributed by atoms with Gasteiger partial charge in [-0.1, -0.05) is 46.3 Å². The molecule has 0 aromatic heterocycles. The number of nitrogens with zero attached hydrogens (tertiary/aromatic N) is 1. The van der Waals surface area contributed by atoms with Crippen molar-refractivity contribution < 1.29 is 15.0 Å². The molecule has 2 aromatic rings. The van der Waals surface area contributed by atoms with E-state index in [1.807, 2.05) is 36.4 Å². The lowest BCUT2D eigenvalue weighted by atomic mass is 9.79. The average molecular weight is 388 g/mol. The zero-order valence-corrected chi connectivity index (χ0v) is 14.6. The van der Waals surface area contributed by atoms with Crippen molar-refractivity contribution >= 4 is 28.1 Å². The van der Waals surface area contributed by atoms with Crippen LogP contribution in [-0.2, 0) is 10.2 Å². The molecule has 1 aliphatic rings. The molecule has 0 heterocycles. The fourth-order valence-electron chi connectivity index (χ4n) is 3.30. The monoisotopic (exact) mass is 387 g/mol. The zero-order chi connectivity index (χ0) is 17.2. The van der Waals surface area contributed by atoms with Crippen molar-refractivity contribution in [2.24, 2.45) is 4.99 Å². The predicted octanol–water partition coefficient (Wildman–Crippen LogP) is 4.15. The highest BCUT2D eigenvalue weighted by atomic mass is 79.9. The van der Waals surface area contributed by atoms with E-state index >= 15 is 0 Å². The lowest BCUT2D eigenvalue weighted by molar-refractivity contribution is -0.143. The van der Waals surface area contributed by atoms with Gasteiger partial charge in [-0.05, 0) is 43.0 Å². The number of aliphatic carboxylic acids is 1. The summed E-state index contributed by atoms with van der Waals surface area (Å²) in [4.78, 5) is 16.5. The van der Waals surface area contributed by atoms with E-state index < -0.39 is 11.4 Å². The first-order valence-electron chi connectivity index (χ1n) is 7.82. The summed E-state index contributed by atoms with van der Waals surface area (Å²) in [7, 11) is 0. The Morgan fingerprint density at radius 1 is 1.25 bits per heavy atom. The molecule has 24 heavy (non-hydrogen) atoms. The average Bonchev–Trinajstić information content (AvgIpc) is 3.01. The van der Waals surface area contributed by atoms with Crippen LogP contribution in [0.1, 0.15) is 30.4 Å². The first-order chi connectivity index (χ1) is 11.5. The minimum absolute atomic E-state index is 0.0654. The number of carboxylic acids is 1. The van der Waals surface area contributed by atoms with Crippen molar-refractivity contribution in [2.75, 3.05) is 0 Å². The van der Waals surface area contributed by atoms with Gasteiger partial charge in [0.2, 0.25) is 0 Å². The van der Waals surface area contributed by atoms with E-state index in [0.29, 0.717) is 18.4 Å². The second kappa shape index (κ2) is 6.77. The fraction of sp³-hybridized carbons (Fsp3) is 0.263. The molecule has 4 nitrogen and oxygen atoms in total. The van der Waals surface area contributed by atoms with E-state index in [4.69, 9.17) is 0 Å². The van der Waals surface area contributed by atoms with Gasteiger partial charge in [-0.25, -0.2) is 0 Å². The van der Waals surface area contributed by atoms with Gasteiger partial charge in [-0.2, -0.15) is 0 Å². The van der Waals surface area contributed by atoms with E-state index in [9.17, 15) is 15.0 Å². The summed E-state index contributed by atoms with van der Waals surface area (Å²) in [5.41, 5.74) is 0.595. The molecule has 2 atom stereocenters. The van der Waals surface area contributed by atoms with E-state index in [1.165, 1.54) is 0 Å². The van der Waals surface area contributed by atoms with Crippen molar-refractivity contribution in [3.63, 3.8) is 0 Å². The number of hydrogen-bond donors (Lipinski definition) is 2. The SMILES string of the molecule is O=C(O)[C@@]1(c2ccccc2)CC[C@H](N=Cc2ccc(Br)cc2O)C1. The van der Waals surface area contributed by atoms with Gasteiger partial charge in [-0.3, -0.25) is 9.79 Å². The number of halogens is 1. The Kier molecular flexibility index (Phi) is 4.71. The van der Waals surface area contributed by atoms with Crippen LogP contribution in [0.4, 0.5) is 0 Å². The summed E-state index contributed by atoms with van der Waals surface area (Å²) in [5.74, 6) is -0.642. The normalized spacial score (nSPS) is 23.6. The number of rotatable bonds is 4. The second-order valence-electron chi connectivity index (χ2n) is 6.13. The quantitative estimate of drug-likeness (QED) is 0.774. The molecule has 5 heteroatoms. The first kappa shape index (κ1) is 16.7. The lowest BCUT2D eigenvalue weighted by Gasteiger charge is -2.24. The summed E-state index contributed by atoms with van der Waals surface area (Å²) in [5, 5.41) is 19.7. The minimum Gasteiger partial charge on any atom is -0.507 e. The van der Waals surface area contributed by atoms with Gasteiger partial charge in [0.1, 0.15) is 5.75 Å². The molecular formula is C19H18BrNO3. The lowest BCUT2D eigenvalue weighted by Crippen LogP contribution is -2.33. The molecule has 0 radical (unpaired) electrons. The summed E-state index contributed by atoms with van der Waals surface area (Å²) >= 11 is 3.30. The Morgan fingerprint density at radius 3 is 2.67 bits per heavy atom. The highest BCUT2D eigenvalue weighted by Gasteiger charge is 2.46. The van der Waals surface area contributed by atoms with Crippen LogP contribution in [0.5, 0.6) is 5.75 Å². The Balaban J connectivity index is 1.81. The molecule has 1 aliphatic carbocycles. The third kappa shape index (κ3) is 3.22. The zero-order valence-electron chi connectivity index (χ0n) is 13.0. The van der Waals surface area contributed by atoms with Gasteiger partial charge in [-0.15, -0.1) is 0 Å². The molecule has 0 unspecified atom stereocenters. The number of aromatic hydroxyl groups is 1. The summed E-state index contributed by atoms with van der Waals surface area (Å²) in [6.45, 7) is 0. The predicted molar refractivity (Wildman–Crippen MR) is 96.8 cm³/mol. The van der Waals surface area contributed by atoms with Crippen molar-refractivity contribution in [2.45, 2.75) is 30.7 Å². The smallest absolute Gasteiger partial charge is 0.314 e. The molecule has 1 saturated carbocycles. The molecule has 0 spiro atoms. The molecule has 1 fully saturated rings. The molecule has 0 saturated heterocycles. The van der Waals surface area contributed by atoms with Crippen molar-refractivity contribution in [1.82, 2.24) is 0 Å². The molecular weight excluding hydrogens is 370 g/mol. The molecule has 3 rings (SSSR count). The van der Waals surface area contributed by atoms with E-state index in [-0.39, 0.29) is 11.8 Å². The Hall–Kier alpha value is -2.14. The molecule has 2 N–H and O–H groups in total. The maximum atomic E-state index is 11.9. The van der Waals surface area contributed by atoms with E-state index in [2.05, 4.69) is 20.9 Å². The van der Waals surface area contributed by atoms with E-state index in [1.54, 1.807) is 18.3 Å². The van der Waals surface area contributed by atoms with Crippen LogP contribution in [0.15, 0.2) is 58.0 Å². The number of phenols is 1. The third-order valence-corrected chi connectivity index (χ3v) is 5.13. The number of carboxylic acid groups (broad SMARTS) is 1. The van der Waals surface area contributed by atoms with Gasteiger partial charge in [0, 0.05) is 16.3 Å². The Morgan fingerprint density at radius 2 is 2.00 bits per heavy atom. The third-order valence-electron chi connectivity index (χ3n) is 4.64. The van der Waals surface area contributed by atoms with Gasteiger partial charge in [0.25, 0.3) is 0 Å². The summed E-state index contributed by atoms with van der Waals surface area (Å²) in [6, 6.07) is 14.5.